The van der Waals surface area contributed by atoms with Crippen LogP contribution in [0.2, 0.25) is 0 Å². The van der Waals surface area contributed by atoms with Crippen molar-refractivity contribution in [2.24, 2.45) is 5.92 Å². The van der Waals surface area contributed by atoms with Gasteiger partial charge >= 0.3 is 0 Å². The average molecular weight is 267 g/mol. The summed E-state index contributed by atoms with van der Waals surface area (Å²) in [5.74, 6) is 0.862. The Morgan fingerprint density at radius 2 is 2.22 bits per heavy atom. The number of rotatable bonds is 4. The third kappa shape index (κ3) is 3.02. The Hall–Kier alpha value is -0.640. The zero-order valence-electron chi connectivity index (χ0n) is 11.8. The third-order valence-electron chi connectivity index (χ3n) is 3.73. The van der Waals surface area contributed by atoms with Crippen LogP contribution in [0.1, 0.15) is 51.6 Å². The molecule has 1 saturated carbocycles. The monoisotopic (exact) mass is 267 g/mol. The summed E-state index contributed by atoms with van der Waals surface area (Å²) in [7, 11) is 0. The number of aryl methyl sites for hydroxylation is 2. The van der Waals surface area contributed by atoms with E-state index in [0.29, 0.717) is 0 Å². The van der Waals surface area contributed by atoms with Crippen molar-refractivity contribution >= 4 is 17.4 Å². The Morgan fingerprint density at radius 1 is 1.44 bits per heavy atom. The third-order valence-corrected chi connectivity index (χ3v) is 5.14. The molecule has 0 aliphatic heterocycles. The van der Waals surface area contributed by atoms with Crippen LogP contribution in [0.4, 0.5) is 5.69 Å². The Bertz CT molecular complexity index is 400. The normalized spacial score (nSPS) is 24.4. The fraction of sp³-hybridized carbons (Fsp3) is 0.786. The van der Waals surface area contributed by atoms with Crippen LogP contribution in [-0.2, 0) is 6.54 Å². The summed E-state index contributed by atoms with van der Waals surface area (Å²) in [4.78, 5) is 0. The van der Waals surface area contributed by atoms with Crippen molar-refractivity contribution in [2.75, 3.05) is 5.73 Å². The highest BCUT2D eigenvalue weighted by Crippen LogP contribution is 2.39. The van der Waals surface area contributed by atoms with Gasteiger partial charge in [0.05, 0.1) is 11.4 Å². The number of nitrogens with zero attached hydrogens (tertiary/aromatic N) is 2. The first-order chi connectivity index (χ1) is 8.61. The first kappa shape index (κ1) is 13.8. The lowest BCUT2D eigenvalue weighted by atomic mass is 9.91. The van der Waals surface area contributed by atoms with Gasteiger partial charge in [-0.1, -0.05) is 26.7 Å². The molecule has 1 aromatic rings. The second-order valence-corrected chi connectivity index (χ2v) is 6.83. The smallest absolute Gasteiger partial charge is 0.118 e. The molecule has 1 heterocycles. The lowest BCUT2D eigenvalue weighted by Gasteiger charge is -2.26. The van der Waals surface area contributed by atoms with Crippen LogP contribution in [0.25, 0.3) is 0 Å². The summed E-state index contributed by atoms with van der Waals surface area (Å²) in [5, 5.41) is 6.48. The van der Waals surface area contributed by atoms with Crippen molar-refractivity contribution in [3.05, 3.63) is 5.69 Å². The summed E-state index contributed by atoms with van der Waals surface area (Å²) in [6, 6.07) is 0. The lowest BCUT2D eigenvalue weighted by Crippen LogP contribution is -2.16. The van der Waals surface area contributed by atoms with E-state index in [2.05, 4.69) is 23.6 Å². The molecule has 2 atom stereocenters. The molecule has 0 aromatic carbocycles. The van der Waals surface area contributed by atoms with E-state index < -0.39 is 0 Å². The van der Waals surface area contributed by atoms with E-state index in [1.165, 1.54) is 30.7 Å². The van der Waals surface area contributed by atoms with Crippen molar-refractivity contribution in [3.8, 4) is 0 Å². The number of anilines is 1. The molecule has 1 aliphatic carbocycles. The zero-order valence-corrected chi connectivity index (χ0v) is 12.6. The van der Waals surface area contributed by atoms with E-state index in [1.54, 1.807) is 0 Å². The molecule has 1 fully saturated rings. The zero-order chi connectivity index (χ0) is 13.1. The first-order valence-corrected chi connectivity index (χ1v) is 7.99. The highest BCUT2D eigenvalue weighted by atomic mass is 32.2. The molecule has 0 saturated heterocycles. The van der Waals surface area contributed by atoms with Gasteiger partial charge in [0.2, 0.25) is 0 Å². The fourth-order valence-electron chi connectivity index (χ4n) is 2.71. The molecular formula is C14H25N3S. The van der Waals surface area contributed by atoms with E-state index in [4.69, 9.17) is 5.73 Å². The van der Waals surface area contributed by atoms with Gasteiger partial charge in [0.25, 0.3) is 0 Å². The second kappa shape index (κ2) is 6.00. The van der Waals surface area contributed by atoms with Crippen LogP contribution < -0.4 is 5.73 Å². The molecule has 0 radical (unpaired) electrons. The van der Waals surface area contributed by atoms with Gasteiger partial charge < -0.3 is 5.73 Å². The van der Waals surface area contributed by atoms with Crippen LogP contribution in [-0.4, -0.2) is 15.0 Å². The molecule has 1 aromatic heterocycles. The van der Waals surface area contributed by atoms with E-state index in [0.717, 1.165) is 35.5 Å². The minimum atomic E-state index is 0.725. The van der Waals surface area contributed by atoms with Gasteiger partial charge in [-0.3, -0.25) is 4.68 Å². The largest absolute Gasteiger partial charge is 0.395 e. The molecule has 0 amide bonds. The second-order valence-electron chi connectivity index (χ2n) is 5.54. The van der Waals surface area contributed by atoms with E-state index in [-0.39, 0.29) is 0 Å². The van der Waals surface area contributed by atoms with Gasteiger partial charge in [0.1, 0.15) is 5.03 Å². The van der Waals surface area contributed by atoms with Crippen LogP contribution in [0.5, 0.6) is 0 Å². The summed E-state index contributed by atoms with van der Waals surface area (Å²) >= 11 is 1.96. The van der Waals surface area contributed by atoms with Gasteiger partial charge in [-0.2, -0.15) is 5.10 Å². The molecule has 0 spiro atoms. The Morgan fingerprint density at radius 3 is 2.89 bits per heavy atom. The van der Waals surface area contributed by atoms with Gasteiger partial charge in [0, 0.05) is 11.8 Å². The maximum atomic E-state index is 6.18. The molecule has 4 heteroatoms. The molecule has 2 rings (SSSR count). The quantitative estimate of drug-likeness (QED) is 0.901. The highest BCUT2D eigenvalue weighted by Gasteiger charge is 2.23. The standard InChI is InChI=1S/C14H25N3S/c1-4-8-17-14(13(15)11(3)16-17)18-12-7-5-6-10(2)9-12/h10,12H,4-9,15H2,1-3H3. The van der Waals surface area contributed by atoms with Gasteiger partial charge in [-0.25, -0.2) is 0 Å². The minimum Gasteiger partial charge on any atom is -0.395 e. The summed E-state index contributed by atoms with van der Waals surface area (Å²) in [5.41, 5.74) is 8.06. The predicted octanol–water partition coefficient (Wildman–Crippen LogP) is 3.85. The van der Waals surface area contributed by atoms with Crippen molar-refractivity contribution < 1.29 is 0 Å². The number of nitrogens with two attached hydrogens (primary N) is 1. The minimum absolute atomic E-state index is 0.725. The van der Waals surface area contributed by atoms with Gasteiger partial charge in [-0.15, -0.1) is 11.8 Å². The van der Waals surface area contributed by atoms with Crippen molar-refractivity contribution in [3.63, 3.8) is 0 Å². The fourth-order valence-corrected chi connectivity index (χ4v) is 4.26. The van der Waals surface area contributed by atoms with E-state index in [1.807, 2.05) is 18.7 Å². The molecule has 102 valence electrons. The van der Waals surface area contributed by atoms with E-state index >= 15 is 0 Å². The van der Waals surface area contributed by atoms with Crippen LogP contribution >= 0.6 is 11.8 Å². The number of hydrogen-bond acceptors (Lipinski definition) is 3. The van der Waals surface area contributed by atoms with Crippen molar-refractivity contribution in [1.29, 1.82) is 0 Å². The van der Waals surface area contributed by atoms with Crippen molar-refractivity contribution in [2.45, 2.75) is 69.7 Å². The molecule has 0 bridgehead atoms. The highest BCUT2D eigenvalue weighted by molar-refractivity contribution is 8.00. The SMILES string of the molecule is CCCn1nc(C)c(N)c1SC1CCCC(C)C1. The first-order valence-electron chi connectivity index (χ1n) is 7.11. The number of nitrogen functional groups attached to an aromatic ring is 1. The maximum absolute atomic E-state index is 6.18. The van der Waals surface area contributed by atoms with Gasteiger partial charge in [0.15, 0.2) is 0 Å². The topological polar surface area (TPSA) is 43.8 Å². The average Bonchev–Trinajstić information content (AvgIpc) is 2.58. The van der Waals surface area contributed by atoms with Crippen LogP contribution in [0.15, 0.2) is 5.03 Å². The van der Waals surface area contributed by atoms with Gasteiger partial charge in [-0.05, 0) is 32.1 Å². The molecular weight excluding hydrogens is 242 g/mol. The number of thioether (sulfide) groups is 1. The molecule has 1 aliphatic rings. The summed E-state index contributed by atoms with van der Waals surface area (Å²) in [6.07, 6.45) is 6.50. The summed E-state index contributed by atoms with van der Waals surface area (Å²) in [6.45, 7) is 7.53. The molecule has 18 heavy (non-hydrogen) atoms. The van der Waals surface area contributed by atoms with Crippen molar-refractivity contribution in [1.82, 2.24) is 9.78 Å². The lowest BCUT2D eigenvalue weighted by molar-refractivity contribution is 0.393. The summed E-state index contributed by atoms with van der Waals surface area (Å²) < 4.78 is 2.11. The Kier molecular flexibility index (Phi) is 4.60. The predicted molar refractivity (Wildman–Crippen MR) is 78.9 cm³/mol. The van der Waals surface area contributed by atoms with Crippen LogP contribution in [0.3, 0.4) is 0 Å². The van der Waals surface area contributed by atoms with Crippen LogP contribution in [0, 0.1) is 12.8 Å². The molecule has 2 N–H and O–H groups in total. The van der Waals surface area contributed by atoms with E-state index in [9.17, 15) is 0 Å². The Labute approximate surface area is 115 Å². The number of aromatic nitrogens is 2. The Balaban J connectivity index is 2.11. The molecule has 2 unspecified atom stereocenters. The number of hydrogen-bond donors (Lipinski definition) is 1. The maximum Gasteiger partial charge on any atom is 0.118 e. The molecule has 3 nitrogen and oxygen atoms in total.